The number of hydrogen-bond acceptors (Lipinski definition) is 3. The number of pyridine rings is 1. The van der Waals surface area contributed by atoms with Gasteiger partial charge in [-0.2, -0.15) is 13.2 Å². The predicted octanol–water partition coefficient (Wildman–Crippen LogP) is 1.97. The van der Waals surface area contributed by atoms with E-state index >= 15 is 0 Å². The van der Waals surface area contributed by atoms with Gasteiger partial charge in [0, 0.05) is 25.0 Å². The van der Waals surface area contributed by atoms with Gasteiger partial charge in [0.2, 0.25) is 5.91 Å². The molecule has 1 amide bonds. The van der Waals surface area contributed by atoms with E-state index in [4.69, 9.17) is 0 Å². The topological polar surface area (TPSA) is 45.2 Å². The highest BCUT2D eigenvalue weighted by Gasteiger charge is 2.27. The summed E-state index contributed by atoms with van der Waals surface area (Å²) in [4.78, 5) is 17.4. The number of amides is 1. The molecule has 1 rings (SSSR count). The number of carbonyl (C=O) groups is 1. The molecule has 0 atom stereocenters. The molecular weight excluding hydrogens is 271 g/mol. The van der Waals surface area contributed by atoms with Crippen molar-refractivity contribution in [3.8, 4) is 0 Å². The Morgan fingerprint density at radius 1 is 1.45 bits per heavy atom. The largest absolute Gasteiger partial charge is 0.401 e. The number of hydrogen-bond donors (Lipinski definition) is 1. The second kappa shape index (κ2) is 7.23. The lowest BCUT2D eigenvalue weighted by Gasteiger charge is -2.27. The van der Waals surface area contributed by atoms with E-state index in [1.54, 1.807) is 18.5 Å². The third-order valence-electron chi connectivity index (χ3n) is 2.62. The zero-order valence-electron chi connectivity index (χ0n) is 11.4. The second-order valence-electron chi connectivity index (χ2n) is 4.70. The van der Waals surface area contributed by atoms with Crippen molar-refractivity contribution in [2.45, 2.75) is 32.6 Å². The van der Waals surface area contributed by atoms with Gasteiger partial charge >= 0.3 is 6.18 Å². The molecule has 0 bridgehead atoms. The lowest BCUT2D eigenvalue weighted by molar-refractivity contribution is -0.136. The molecule has 4 nitrogen and oxygen atoms in total. The van der Waals surface area contributed by atoms with E-state index in [0.717, 1.165) is 5.56 Å². The monoisotopic (exact) mass is 289 g/mol. The van der Waals surface area contributed by atoms with Gasteiger partial charge in [-0.3, -0.25) is 9.78 Å². The SMILES string of the molecule is CC(C)N(Cc1cccnc1)C(=O)CNCC(F)(F)F. The Bertz CT molecular complexity index is 421. The first-order chi connectivity index (χ1) is 9.29. The van der Waals surface area contributed by atoms with E-state index in [9.17, 15) is 18.0 Å². The van der Waals surface area contributed by atoms with Gasteiger partial charge in [0.15, 0.2) is 0 Å². The Balaban J connectivity index is 2.55. The third kappa shape index (κ3) is 6.01. The molecule has 1 N–H and O–H groups in total. The maximum absolute atomic E-state index is 12.0. The maximum atomic E-state index is 12.0. The highest BCUT2D eigenvalue weighted by molar-refractivity contribution is 5.78. The normalized spacial score (nSPS) is 11.7. The molecular formula is C13H18F3N3O. The number of nitrogens with zero attached hydrogens (tertiary/aromatic N) is 2. The average molecular weight is 289 g/mol. The first-order valence-electron chi connectivity index (χ1n) is 6.25. The van der Waals surface area contributed by atoms with E-state index in [0.29, 0.717) is 6.54 Å². The molecule has 0 aliphatic heterocycles. The Hall–Kier alpha value is -1.63. The summed E-state index contributed by atoms with van der Waals surface area (Å²) < 4.78 is 36.1. The summed E-state index contributed by atoms with van der Waals surface area (Å²) in [6.07, 6.45) is -1.06. The predicted molar refractivity (Wildman–Crippen MR) is 68.8 cm³/mol. The molecule has 1 heterocycles. The second-order valence-corrected chi connectivity index (χ2v) is 4.70. The summed E-state index contributed by atoms with van der Waals surface area (Å²) in [5.74, 6) is -0.367. The van der Waals surface area contributed by atoms with Crippen LogP contribution in [-0.4, -0.2) is 41.1 Å². The van der Waals surface area contributed by atoms with Crippen LogP contribution in [0.5, 0.6) is 0 Å². The fourth-order valence-electron chi connectivity index (χ4n) is 1.66. The molecule has 0 radical (unpaired) electrons. The van der Waals surface area contributed by atoms with Crippen molar-refractivity contribution in [3.63, 3.8) is 0 Å². The number of nitrogens with one attached hydrogen (secondary N) is 1. The van der Waals surface area contributed by atoms with E-state index in [-0.39, 0.29) is 18.5 Å². The number of halogens is 3. The quantitative estimate of drug-likeness (QED) is 0.871. The molecule has 1 aromatic heterocycles. The number of alkyl halides is 3. The molecule has 20 heavy (non-hydrogen) atoms. The molecule has 0 saturated heterocycles. The summed E-state index contributed by atoms with van der Waals surface area (Å²) in [6, 6.07) is 3.47. The molecule has 0 spiro atoms. The van der Waals surface area contributed by atoms with Crippen LogP contribution >= 0.6 is 0 Å². The van der Waals surface area contributed by atoms with Crippen LogP contribution in [0.2, 0.25) is 0 Å². The van der Waals surface area contributed by atoms with E-state index in [1.165, 1.54) is 4.90 Å². The Labute approximate surface area is 116 Å². The van der Waals surface area contributed by atoms with Gasteiger partial charge in [0.1, 0.15) is 0 Å². The minimum absolute atomic E-state index is 0.101. The van der Waals surface area contributed by atoms with Crippen LogP contribution in [0, 0.1) is 0 Å². The lowest BCUT2D eigenvalue weighted by atomic mass is 10.2. The summed E-state index contributed by atoms with van der Waals surface area (Å²) in [6.45, 7) is 2.46. The molecule has 0 unspecified atom stereocenters. The Kier molecular flexibility index (Phi) is 5.94. The molecule has 0 fully saturated rings. The van der Waals surface area contributed by atoms with Crippen molar-refractivity contribution in [2.75, 3.05) is 13.1 Å². The standard InChI is InChI=1S/C13H18F3N3O/c1-10(2)19(8-11-4-3-5-17-6-11)12(20)7-18-9-13(14,15)16/h3-6,10,18H,7-9H2,1-2H3. The van der Waals surface area contributed by atoms with Gasteiger partial charge < -0.3 is 10.2 Å². The van der Waals surface area contributed by atoms with Gasteiger partial charge in [-0.1, -0.05) is 6.07 Å². The molecule has 7 heteroatoms. The van der Waals surface area contributed by atoms with Crippen molar-refractivity contribution in [2.24, 2.45) is 0 Å². The van der Waals surface area contributed by atoms with Gasteiger partial charge in [-0.15, -0.1) is 0 Å². The first kappa shape index (κ1) is 16.4. The smallest absolute Gasteiger partial charge is 0.335 e. The van der Waals surface area contributed by atoms with E-state index in [1.807, 2.05) is 19.9 Å². The van der Waals surface area contributed by atoms with Crippen molar-refractivity contribution in [3.05, 3.63) is 30.1 Å². The van der Waals surface area contributed by atoms with Gasteiger partial charge in [-0.25, -0.2) is 0 Å². The molecule has 0 saturated carbocycles. The first-order valence-corrected chi connectivity index (χ1v) is 6.25. The zero-order valence-corrected chi connectivity index (χ0v) is 11.4. The summed E-state index contributed by atoms with van der Waals surface area (Å²) >= 11 is 0. The van der Waals surface area contributed by atoms with Crippen LogP contribution in [0.15, 0.2) is 24.5 Å². The number of rotatable bonds is 6. The maximum Gasteiger partial charge on any atom is 0.401 e. The number of aromatic nitrogens is 1. The Morgan fingerprint density at radius 2 is 2.15 bits per heavy atom. The van der Waals surface area contributed by atoms with Gasteiger partial charge in [0.05, 0.1) is 13.1 Å². The fraction of sp³-hybridized carbons (Fsp3) is 0.538. The third-order valence-corrected chi connectivity index (χ3v) is 2.62. The molecule has 1 aromatic rings. The highest BCUT2D eigenvalue weighted by Crippen LogP contribution is 2.12. The summed E-state index contributed by atoms with van der Waals surface area (Å²) in [5.41, 5.74) is 0.838. The van der Waals surface area contributed by atoms with Crippen LogP contribution in [0.4, 0.5) is 13.2 Å². The van der Waals surface area contributed by atoms with Crippen LogP contribution in [0.3, 0.4) is 0 Å². The van der Waals surface area contributed by atoms with Crippen LogP contribution in [0.25, 0.3) is 0 Å². The zero-order chi connectivity index (χ0) is 15.2. The number of carbonyl (C=O) groups excluding carboxylic acids is 1. The van der Waals surface area contributed by atoms with Crippen LogP contribution in [0.1, 0.15) is 19.4 Å². The van der Waals surface area contributed by atoms with Crippen molar-refractivity contribution < 1.29 is 18.0 Å². The van der Waals surface area contributed by atoms with E-state index < -0.39 is 12.7 Å². The molecule has 0 aliphatic carbocycles. The molecule has 0 aromatic carbocycles. The van der Waals surface area contributed by atoms with Crippen LogP contribution in [-0.2, 0) is 11.3 Å². The summed E-state index contributed by atoms with van der Waals surface area (Å²) in [5, 5.41) is 2.11. The minimum atomic E-state index is -4.31. The van der Waals surface area contributed by atoms with Crippen molar-refractivity contribution in [1.82, 2.24) is 15.2 Å². The average Bonchev–Trinajstić information content (AvgIpc) is 2.35. The molecule has 112 valence electrons. The minimum Gasteiger partial charge on any atom is -0.335 e. The Morgan fingerprint density at radius 3 is 2.65 bits per heavy atom. The summed E-state index contributed by atoms with van der Waals surface area (Å²) in [7, 11) is 0. The molecule has 0 aliphatic rings. The lowest BCUT2D eigenvalue weighted by Crippen LogP contribution is -2.43. The van der Waals surface area contributed by atoms with Gasteiger partial charge in [-0.05, 0) is 25.5 Å². The van der Waals surface area contributed by atoms with Gasteiger partial charge in [0.25, 0.3) is 0 Å². The van der Waals surface area contributed by atoms with Crippen molar-refractivity contribution >= 4 is 5.91 Å². The van der Waals surface area contributed by atoms with Crippen molar-refractivity contribution in [1.29, 1.82) is 0 Å². The highest BCUT2D eigenvalue weighted by atomic mass is 19.4. The fourth-order valence-corrected chi connectivity index (χ4v) is 1.66. The van der Waals surface area contributed by atoms with Crippen LogP contribution < -0.4 is 5.32 Å². The van der Waals surface area contributed by atoms with E-state index in [2.05, 4.69) is 10.3 Å².